The van der Waals surface area contributed by atoms with E-state index in [0.29, 0.717) is 12.0 Å². The van der Waals surface area contributed by atoms with Gasteiger partial charge in [-0.15, -0.1) is 0 Å². The maximum atomic E-state index is 12.6. The number of aromatic nitrogens is 2. The smallest absolute Gasteiger partial charge is 0.224 e. The molecule has 1 atom stereocenters. The standard InChI is InChI=1S/C22H32N4O/c1-16(2)14-23-21(27)17-8-7-13-25(15-17)22-24-19-11-5-6-12-20(19)26(22)18-9-3-4-10-18/h5-6,11-12,16-18H,3-4,7-10,13-15H2,1-2H3,(H,23,27)/t17-/m0/s1. The molecule has 1 aliphatic heterocycles. The van der Waals surface area contributed by atoms with E-state index in [1.54, 1.807) is 0 Å². The summed E-state index contributed by atoms with van der Waals surface area (Å²) in [5.41, 5.74) is 2.32. The highest BCUT2D eigenvalue weighted by molar-refractivity contribution is 5.81. The third-order valence-corrected chi connectivity index (χ3v) is 6.03. The second kappa shape index (κ2) is 7.91. The lowest BCUT2D eigenvalue weighted by molar-refractivity contribution is -0.125. The molecule has 27 heavy (non-hydrogen) atoms. The molecule has 146 valence electrons. The van der Waals surface area contributed by atoms with Crippen LogP contribution in [0.15, 0.2) is 24.3 Å². The zero-order chi connectivity index (χ0) is 18.8. The van der Waals surface area contributed by atoms with Crippen LogP contribution in [0.2, 0.25) is 0 Å². The molecule has 2 aliphatic rings. The highest BCUT2D eigenvalue weighted by Crippen LogP contribution is 2.37. The van der Waals surface area contributed by atoms with Crippen LogP contribution in [0, 0.1) is 11.8 Å². The first-order valence-corrected chi connectivity index (χ1v) is 10.6. The molecule has 2 fully saturated rings. The summed E-state index contributed by atoms with van der Waals surface area (Å²) < 4.78 is 2.47. The van der Waals surface area contributed by atoms with Crippen LogP contribution in [0.4, 0.5) is 5.95 Å². The number of amides is 1. The van der Waals surface area contributed by atoms with Gasteiger partial charge in [-0.3, -0.25) is 4.79 Å². The molecule has 1 N–H and O–H groups in total. The van der Waals surface area contributed by atoms with Gasteiger partial charge in [-0.25, -0.2) is 4.98 Å². The van der Waals surface area contributed by atoms with E-state index in [2.05, 4.69) is 52.9 Å². The van der Waals surface area contributed by atoms with Crippen LogP contribution in [-0.4, -0.2) is 35.1 Å². The van der Waals surface area contributed by atoms with Crippen molar-refractivity contribution < 1.29 is 4.79 Å². The summed E-state index contributed by atoms with van der Waals surface area (Å²) in [7, 11) is 0. The number of fused-ring (bicyclic) bond motifs is 1. The molecule has 5 nitrogen and oxygen atoms in total. The summed E-state index contributed by atoms with van der Waals surface area (Å²) in [4.78, 5) is 20.0. The van der Waals surface area contributed by atoms with Crippen LogP contribution in [-0.2, 0) is 4.79 Å². The Balaban J connectivity index is 1.59. The van der Waals surface area contributed by atoms with Crippen LogP contribution in [0.25, 0.3) is 11.0 Å². The maximum Gasteiger partial charge on any atom is 0.224 e. The van der Waals surface area contributed by atoms with Gasteiger partial charge in [0.25, 0.3) is 0 Å². The van der Waals surface area contributed by atoms with E-state index in [-0.39, 0.29) is 11.8 Å². The SMILES string of the molecule is CC(C)CNC(=O)[C@H]1CCCN(c2nc3ccccc3n2C2CCCC2)C1. The number of hydrogen-bond acceptors (Lipinski definition) is 3. The van der Waals surface area contributed by atoms with E-state index in [1.165, 1.54) is 31.2 Å². The van der Waals surface area contributed by atoms with Gasteiger partial charge in [0.1, 0.15) is 0 Å². The second-order valence-electron chi connectivity index (χ2n) is 8.63. The van der Waals surface area contributed by atoms with Crippen molar-refractivity contribution in [3.8, 4) is 0 Å². The van der Waals surface area contributed by atoms with Crippen molar-refractivity contribution in [3.63, 3.8) is 0 Å². The zero-order valence-electron chi connectivity index (χ0n) is 16.7. The lowest BCUT2D eigenvalue weighted by Crippen LogP contribution is -2.44. The van der Waals surface area contributed by atoms with Crippen molar-refractivity contribution in [2.24, 2.45) is 11.8 Å². The second-order valence-corrected chi connectivity index (χ2v) is 8.63. The Labute approximate surface area is 162 Å². The Bertz CT molecular complexity index is 791. The lowest BCUT2D eigenvalue weighted by Gasteiger charge is -2.34. The monoisotopic (exact) mass is 368 g/mol. The molecule has 2 heterocycles. The molecule has 1 aromatic heterocycles. The summed E-state index contributed by atoms with van der Waals surface area (Å²) in [5.74, 6) is 1.83. The summed E-state index contributed by atoms with van der Waals surface area (Å²) in [5, 5.41) is 3.13. The normalized spacial score (nSPS) is 21.3. The van der Waals surface area contributed by atoms with Gasteiger partial charge in [0.15, 0.2) is 0 Å². The molecular formula is C22H32N4O. The van der Waals surface area contributed by atoms with Gasteiger partial charge in [0.2, 0.25) is 11.9 Å². The quantitative estimate of drug-likeness (QED) is 0.863. The zero-order valence-corrected chi connectivity index (χ0v) is 16.7. The minimum atomic E-state index is 0.0642. The Hall–Kier alpha value is -2.04. The van der Waals surface area contributed by atoms with Crippen molar-refractivity contribution in [1.82, 2.24) is 14.9 Å². The molecule has 1 aromatic carbocycles. The molecule has 4 rings (SSSR count). The molecular weight excluding hydrogens is 336 g/mol. The van der Waals surface area contributed by atoms with Gasteiger partial charge in [-0.2, -0.15) is 0 Å². The number of carbonyl (C=O) groups excluding carboxylic acids is 1. The number of imidazole rings is 1. The van der Waals surface area contributed by atoms with E-state index >= 15 is 0 Å². The summed E-state index contributed by atoms with van der Waals surface area (Å²) >= 11 is 0. The number of nitrogens with zero attached hydrogens (tertiary/aromatic N) is 3. The minimum absolute atomic E-state index is 0.0642. The molecule has 0 unspecified atom stereocenters. The van der Waals surface area contributed by atoms with Crippen molar-refractivity contribution in [2.75, 3.05) is 24.5 Å². The third-order valence-electron chi connectivity index (χ3n) is 6.03. The van der Waals surface area contributed by atoms with Crippen molar-refractivity contribution in [1.29, 1.82) is 0 Å². The van der Waals surface area contributed by atoms with Crippen LogP contribution >= 0.6 is 0 Å². The first-order valence-electron chi connectivity index (χ1n) is 10.6. The highest BCUT2D eigenvalue weighted by atomic mass is 16.1. The Morgan fingerprint density at radius 1 is 1.19 bits per heavy atom. The van der Waals surface area contributed by atoms with Gasteiger partial charge < -0.3 is 14.8 Å². The first-order chi connectivity index (χ1) is 13.1. The van der Waals surface area contributed by atoms with Crippen LogP contribution < -0.4 is 10.2 Å². The van der Waals surface area contributed by atoms with Gasteiger partial charge in [0, 0.05) is 25.7 Å². The van der Waals surface area contributed by atoms with Crippen molar-refractivity contribution in [3.05, 3.63) is 24.3 Å². The molecule has 1 amide bonds. The maximum absolute atomic E-state index is 12.6. The number of benzene rings is 1. The molecule has 0 radical (unpaired) electrons. The lowest BCUT2D eigenvalue weighted by atomic mass is 9.97. The number of piperidine rings is 1. The van der Waals surface area contributed by atoms with E-state index in [4.69, 9.17) is 4.98 Å². The number of hydrogen-bond donors (Lipinski definition) is 1. The molecule has 2 aromatic rings. The van der Waals surface area contributed by atoms with Crippen molar-refractivity contribution in [2.45, 2.75) is 58.4 Å². The van der Waals surface area contributed by atoms with Crippen LogP contribution in [0.1, 0.15) is 58.4 Å². The molecule has 5 heteroatoms. The van der Waals surface area contributed by atoms with E-state index in [1.807, 2.05) is 0 Å². The predicted octanol–water partition coefficient (Wildman–Crippen LogP) is 4.14. The number of carbonyl (C=O) groups is 1. The average Bonchev–Trinajstić information content (AvgIpc) is 3.33. The van der Waals surface area contributed by atoms with Crippen molar-refractivity contribution >= 4 is 22.9 Å². The van der Waals surface area contributed by atoms with E-state index in [0.717, 1.165) is 43.9 Å². The number of nitrogens with one attached hydrogen (secondary N) is 1. The van der Waals surface area contributed by atoms with Gasteiger partial charge in [-0.05, 0) is 43.7 Å². The number of rotatable bonds is 5. The number of anilines is 1. The molecule has 0 spiro atoms. The van der Waals surface area contributed by atoms with Gasteiger partial charge in [0.05, 0.1) is 17.0 Å². The van der Waals surface area contributed by atoms with Crippen LogP contribution in [0.3, 0.4) is 0 Å². The van der Waals surface area contributed by atoms with Gasteiger partial charge >= 0.3 is 0 Å². The average molecular weight is 369 g/mol. The minimum Gasteiger partial charge on any atom is -0.356 e. The fourth-order valence-electron chi connectivity index (χ4n) is 4.60. The Kier molecular flexibility index (Phi) is 5.37. The Morgan fingerprint density at radius 2 is 1.96 bits per heavy atom. The summed E-state index contributed by atoms with van der Waals surface area (Å²) in [6.07, 6.45) is 7.10. The third kappa shape index (κ3) is 3.83. The molecule has 0 bridgehead atoms. The summed E-state index contributed by atoms with van der Waals surface area (Å²) in [6, 6.07) is 9.03. The van der Waals surface area contributed by atoms with E-state index < -0.39 is 0 Å². The largest absolute Gasteiger partial charge is 0.356 e. The van der Waals surface area contributed by atoms with Gasteiger partial charge in [-0.1, -0.05) is 38.8 Å². The predicted molar refractivity (Wildman–Crippen MR) is 110 cm³/mol. The highest BCUT2D eigenvalue weighted by Gasteiger charge is 2.31. The molecule has 1 saturated heterocycles. The Morgan fingerprint density at radius 3 is 2.74 bits per heavy atom. The topological polar surface area (TPSA) is 50.2 Å². The fourth-order valence-corrected chi connectivity index (χ4v) is 4.60. The summed E-state index contributed by atoms with van der Waals surface area (Å²) in [6.45, 7) is 6.80. The first kappa shape index (κ1) is 18.3. The molecule has 1 saturated carbocycles. The fraction of sp³-hybridized carbons (Fsp3) is 0.636. The number of para-hydroxylation sites is 2. The van der Waals surface area contributed by atoms with E-state index in [9.17, 15) is 4.79 Å². The molecule has 1 aliphatic carbocycles. The van der Waals surface area contributed by atoms with Crippen LogP contribution in [0.5, 0.6) is 0 Å².